The van der Waals surface area contributed by atoms with Crippen molar-refractivity contribution in [3.8, 4) is 0 Å². The molecular weight excluding hydrogens is 412 g/mol. The molecule has 0 aliphatic carbocycles. The Labute approximate surface area is 185 Å². The van der Waals surface area contributed by atoms with Gasteiger partial charge >= 0.3 is 5.97 Å². The number of nitro groups is 1. The van der Waals surface area contributed by atoms with Gasteiger partial charge in [-0.3, -0.25) is 19.7 Å². The molecule has 0 fully saturated rings. The molecule has 170 valence electrons. The van der Waals surface area contributed by atoms with Crippen molar-refractivity contribution in [3.63, 3.8) is 0 Å². The maximum atomic E-state index is 13.5. The second-order valence-corrected chi connectivity index (χ2v) is 8.92. The lowest BCUT2D eigenvalue weighted by atomic mass is 9.85. The standard InChI is InChI=1S/C23H28N4O5/c1-23(2,22(29)30)13-14-6-7-16-15(12-14)21(28)19-17(24-10-5-11-26(3)4)8-9-18(27(31)32)20(19)25-16/h6-9,12,24H,5,10-11,13H2,1-4H3,(H,25,28)(H,29,30). The Morgan fingerprint density at radius 1 is 1.25 bits per heavy atom. The van der Waals surface area contributed by atoms with Crippen molar-refractivity contribution in [3.05, 3.63) is 56.2 Å². The van der Waals surface area contributed by atoms with E-state index in [0.717, 1.165) is 13.0 Å². The van der Waals surface area contributed by atoms with Crippen LogP contribution in [-0.4, -0.2) is 53.1 Å². The Bertz CT molecular complexity index is 1250. The fraction of sp³-hybridized carbons (Fsp3) is 0.391. The number of rotatable bonds is 9. The zero-order valence-corrected chi connectivity index (χ0v) is 18.7. The van der Waals surface area contributed by atoms with Crippen molar-refractivity contribution in [2.75, 3.05) is 32.5 Å². The van der Waals surface area contributed by atoms with Gasteiger partial charge in [0.15, 0.2) is 5.43 Å². The van der Waals surface area contributed by atoms with Crippen molar-refractivity contribution in [1.29, 1.82) is 0 Å². The van der Waals surface area contributed by atoms with Gasteiger partial charge < -0.3 is 20.3 Å². The molecule has 2 aromatic carbocycles. The predicted molar refractivity (Wildman–Crippen MR) is 126 cm³/mol. The van der Waals surface area contributed by atoms with Gasteiger partial charge in [-0.25, -0.2) is 0 Å². The third-order valence-electron chi connectivity index (χ3n) is 5.52. The molecule has 9 nitrogen and oxygen atoms in total. The summed E-state index contributed by atoms with van der Waals surface area (Å²) >= 11 is 0. The smallest absolute Gasteiger partial charge is 0.309 e. The molecule has 1 aromatic heterocycles. The number of pyridine rings is 1. The van der Waals surface area contributed by atoms with Gasteiger partial charge in [-0.05, 0) is 71.1 Å². The number of benzene rings is 2. The Hall–Kier alpha value is -3.46. The van der Waals surface area contributed by atoms with Crippen LogP contribution in [0.1, 0.15) is 25.8 Å². The number of fused-ring (bicyclic) bond motifs is 2. The maximum Gasteiger partial charge on any atom is 0.309 e. The summed E-state index contributed by atoms with van der Waals surface area (Å²) < 4.78 is 0. The second kappa shape index (κ2) is 8.96. The molecular formula is C23H28N4O5. The van der Waals surface area contributed by atoms with E-state index in [9.17, 15) is 24.8 Å². The Balaban J connectivity index is 2.15. The lowest BCUT2D eigenvalue weighted by molar-refractivity contribution is -0.383. The lowest BCUT2D eigenvalue weighted by Crippen LogP contribution is -2.26. The summed E-state index contributed by atoms with van der Waals surface area (Å²) in [6.45, 7) is 4.72. The van der Waals surface area contributed by atoms with E-state index in [1.165, 1.54) is 6.07 Å². The Morgan fingerprint density at radius 3 is 2.59 bits per heavy atom. The number of aromatic amines is 1. The largest absolute Gasteiger partial charge is 0.481 e. The van der Waals surface area contributed by atoms with Crippen molar-refractivity contribution >= 4 is 39.1 Å². The minimum atomic E-state index is -0.991. The molecule has 0 radical (unpaired) electrons. The number of hydrogen-bond acceptors (Lipinski definition) is 6. The molecule has 0 amide bonds. The minimum Gasteiger partial charge on any atom is -0.481 e. The van der Waals surface area contributed by atoms with E-state index in [-0.39, 0.29) is 28.4 Å². The normalized spacial score (nSPS) is 11.9. The number of non-ortho nitro benzene ring substituents is 1. The molecule has 1 heterocycles. The number of carboxylic acids is 1. The van der Waals surface area contributed by atoms with E-state index in [2.05, 4.69) is 15.2 Å². The van der Waals surface area contributed by atoms with E-state index in [0.29, 0.717) is 28.7 Å². The third-order valence-corrected chi connectivity index (χ3v) is 5.52. The molecule has 9 heteroatoms. The number of carboxylic acid groups (broad SMARTS) is 1. The highest BCUT2D eigenvalue weighted by Crippen LogP contribution is 2.31. The highest BCUT2D eigenvalue weighted by molar-refractivity contribution is 6.03. The van der Waals surface area contributed by atoms with E-state index >= 15 is 0 Å². The molecule has 0 bridgehead atoms. The van der Waals surface area contributed by atoms with Crippen molar-refractivity contribution in [2.45, 2.75) is 26.7 Å². The number of hydrogen-bond donors (Lipinski definition) is 3. The van der Waals surface area contributed by atoms with Gasteiger partial charge in [-0.2, -0.15) is 0 Å². The van der Waals surface area contributed by atoms with Crippen LogP contribution in [0.2, 0.25) is 0 Å². The van der Waals surface area contributed by atoms with Crippen LogP contribution in [0.5, 0.6) is 0 Å². The first-order chi connectivity index (χ1) is 15.0. The summed E-state index contributed by atoms with van der Waals surface area (Å²) in [6, 6.07) is 8.04. The molecule has 0 aliphatic rings. The second-order valence-electron chi connectivity index (χ2n) is 8.92. The average Bonchev–Trinajstić information content (AvgIpc) is 2.70. The summed E-state index contributed by atoms with van der Waals surface area (Å²) in [5, 5.41) is 24.8. The van der Waals surface area contributed by atoms with Gasteiger partial charge in [-0.15, -0.1) is 0 Å². The molecule has 0 aliphatic heterocycles. The van der Waals surface area contributed by atoms with Gasteiger partial charge in [0.05, 0.1) is 15.7 Å². The predicted octanol–water partition coefficient (Wildman–Crippen LogP) is 3.61. The van der Waals surface area contributed by atoms with E-state index in [4.69, 9.17) is 0 Å². The fourth-order valence-corrected chi connectivity index (χ4v) is 3.73. The average molecular weight is 441 g/mol. The van der Waals surface area contributed by atoms with Crippen LogP contribution in [0, 0.1) is 15.5 Å². The first-order valence-electron chi connectivity index (χ1n) is 10.4. The topological polar surface area (TPSA) is 129 Å². The Morgan fingerprint density at radius 2 is 1.97 bits per heavy atom. The number of nitrogens with zero attached hydrogens (tertiary/aromatic N) is 2. The lowest BCUT2D eigenvalue weighted by Gasteiger charge is -2.19. The quantitative estimate of drug-likeness (QED) is 0.201. The van der Waals surface area contributed by atoms with Crippen molar-refractivity contribution in [2.24, 2.45) is 5.41 Å². The van der Waals surface area contributed by atoms with Gasteiger partial charge in [0, 0.05) is 29.2 Å². The zero-order chi connectivity index (χ0) is 23.6. The van der Waals surface area contributed by atoms with Crippen molar-refractivity contribution < 1.29 is 14.8 Å². The summed E-state index contributed by atoms with van der Waals surface area (Å²) in [4.78, 5) is 41.2. The van der Waals surface area contributed by atoms with Crippen molar-refractivity contribution in [1.82, 2.24) is 9.88 Å². The summed E-state index contributed by atoms with van der Waals surface area (Å²) in [5.74, 6) is -0.926. The van der Waals surface area contributed by atoms with E-state index in [1.807, 2.05) is 14.1 Å². The molecule has 0 saturated heterocycles. The van der Waals surface area contributed by atoms with Crippen LogP contribution < -0.4 is 10.7 Å². The SMILES string of the molecule is CN(C)CCCNc1ccc([N+](=O)[O-])c2[nH]c3ccc(CC(C)(C)C(=O)O)cc3c(=O)c12. The first-order valence-corrected chi connectivity index (χ1v) is 10.4. The monoisotopic (exact) mass is 440 g/mol. The molecule has 3 aromatic rings. The van der Waals surface area contributed by atoms with E-state index < -0.39 is 16.3 Å². The molecule has 0 spiro atoms. The van der Waals surface area contributed by atoms with Crippen LogP contribution in [0.25, 0.3) is 21.8 Å². The number of nitrogens with one attached hydrogen (secondary N) is 2. The number of H-pyrrole nitrogens is 1. The number of aromatic nitrogens is 1. The van der Waals surface area contributed by atoms with Gasteiger partial charge in [-0.1, -0.05) is 6.07 Å². The van der Waals surface area contributed by atoms with Gasteiger partial charge in [0.25, 0.3) is 5.69 Å². The number of aliphatic carboxylic acids is 1. The van der Waals surface area contributed by atoms with Crippen LogP contribution in [0.3, 0.4) is 0 Å². The molecule has 0 unspecified atom stereocenters. The molecule has 3 N–H and O–H groups in total. The minimum absolute atomic E-state index is 0.170. The fourth-order valence-electron chi connectivity index (χ4n) is 3.73. The molecule has 32 heavy (non-hydrogen) atoms. The summed E-state index contributed by atoms with van der Waals surface area (Å²) in [7, 11) is 3.95. The zero-order valence-electron chi connectivity index (χ0n) is 18.7. The highest BCUT2D eigenvalue weighted by Gasteiger charge is 2.27. The molecule has 3 rings (SSSR count). The highest BCUT2D eigenvalue weighted by atomic mass is 16.6. The van der Waals surface area contributed by atoms with Gasteiger partial charge in [0.2, 0.25) is 0 Å². The number of nitro benzene ring substituents is 1. The number of anilines is 1. The van der Waals surface area contributed by atoms with Crippen LogP contribution >= 0.6 is 0 Å². The molecule has 0 atom stereocenters. The summed E-state index contributed by atoms with van der Waals surface area (Å²) in [5.41, 5.74) is 0.381. The number of carbonyl (C=O) groups is 1. The maximum absolute atomic E-state index is 13.5. The van der Waals surface area contributed by atoms with E-state index in [1.54, 1.807) is 38.1 Å². The van der Waals surface area contributed by atoms with Crippen LogP contribution in [0.15, 0.2) is 35.1 Å². The molecule has 0 saturated carbocycles. The van der Waals surface area contributed by atoms with Crippen LogP contribution in [0.4, 0.5) is 11.4 Å². The van der Waals surface area contributed by atoms with Crippen LogP contribution in [-0.2, 0) is 11.2 Å². The third kappa shape index (κ3) is 4.72. The summed E-state index contributed by atoms with van der Waals surface area (Å²) in [6.07, 6.45) is 1.09. The first kappa shape index (κ1) is 23.2. The van der Waals surface area contributed by atoms with Gasteiger partial charge in [0.1, 0.15) is 5.52 Å². The Kier molecular flexibility index (Phi) is 6.50.